The van der Waals surface area contributed by atoms with Crippen LogP contribution in [0.3, 0.4) is 0 Å². The van der Waals surface area contributed by atoms with E-state index in [-0.39, 0.29) is 5.41 Å². The molecule has 0 aromatic heterocycles. The topological polar surface area (TPSA) is 29.3 Å². The Balaban J connectivity index is 1.86. The molecule has 3 heteroatoms. The van der Waals surface area contributed by atoms with Crippen molar-refractivity contribution in [1.29, 1.82) is 0 Å². The van der Waals surface area contributed by atoms with E-state index in [2.05, 4.69) is 4.90 Å². The zero-order valence-corrected chi connectivity index (χ0v) is 8.91. The second-order valence-electron chi connectivity index (χ2n) is 4.48. The molecule has 0 unspecified atom stereocenters. The molecule has 2 aliphatic rings. The average molecular weight is 198 g/mol. The summed E-state index contributed by atoms with van der Waals surface area (Å²) in [6.07, 6.45) is 6.55. The Morgan fingerprint density at radius 1 is 1.23 bits per heavy atom. The van der Waals surface area contributed by atoms with E-state index in [0.29, 0.717) is 0 Å². The second-order valence-corrected chi connectivity index (χ2v) is 4.92. The molecule has 0 spiro atoms. The molecular formula is C10H18N2S. The van der Waals surface area contributed by atoms with E-state index < -0.39 is 0 Å². The first-order chi connectivity index (χ1) is 6.23. The molecule has 74 valence electrons. The summed E-state index contributed by atoms with van der Waals surface area (Å²) in [4.78, 5) is 3.29. The lowest BCUT2D eigenvalue weighted by atomic mass is 10.0. The normalized spacial score (nSPS) is 27.1. The highest BCUT2D eigenvalue weighted by Gasteiger charge is 2.46. The zero-order valence-electron chi connectivity index (χ0n) is 8.09. The van der Waals surface area contributed by atoms with Crippen molar-refractivity contribution in [3.8, 4) is 0 Å². The van der Waals surface area contributed by atoms with E-state index in [9.17, 15) is 0 Å². The average Bonchev–Trinajstić information content (AvgIpc) is 2.87. The molecule has 1 saturated heterocycles. The van der Waals surface area contributed by atoms with Crippen molar-refractivity contribution in [3.63, 3.8) is 0 Å². The van der Waals surface area contributed by atoms with Gasteiger partial charge in [0.2, 0.25) is 0 Å². The predicted octanol–water partition coefficient (Wildman–Crippen LogP) is 1.54. The van der Waals surface area contributed by atoms with Gasteiger partial charge >= 0.3 is 0 Å². The van der Waals surface area contributed by atoms with Gasteiger partial charge in [-0.05, 0) is 38.8 Å². The summed E-state index contributed by atoms with van der Waals surface area (Å²) in [6.45, 7) is 3.64. The maximum absolute atomic E-state index is 5.75. The zero-order chi connectivity index (χ0) is 9.31. The highest BCUT2D eigenvalue weighted by atomic mass is 32.1. The number of hydrogen-bond donors (Lipinski definition) is 1. The number of nitrogens with zero attached hydrogens (tertiary/aromatic N) is 1. The van der Waals surface area contributed by atoms with Crippen molar-refractivity contribution in [3.05, 3.63) is 0 Å². The Bertz CT molecular complexity index is 205. The van der Waals surface area contributed by atoms with Gasteiger partial charge in [-0.25, -0.2) is 0 Å². The molecule has 13 heavy (non-hydrogen) atoms. The van der Waals surface area contributed by atoms with Crippen LogP contribution < -0.4 is 5.73 Å². The quantitative estimate of drug-likeness (QED) is 0.698. The number of likely N-dealkylation sites (tertiary alicyclic amines) is 1. The first-order valence-corrected chi connectivity index (χ1v) is 5.66. The number of rotatable bonds is 3. The van der Waals surface area contributed by atoms with Crippen molar-refractivity contribution in [2.75, 3.05) is 19.6 Å². The lowest BCUT2D eigenvalue weighted by Crippen LogP contribution is -2.39. The van der Waals surface area contributed by atoms with Gasteiger partial charge in [0.1, 0.15) is 0 Å². The molecule has 2 rings (SSSR count). The molecule has 1 aliphatic carbocycles. The van der Waals surface area contributed by atoms with Crippen LogP contribution in [0.2, 0.25) is 0 Å². The predicted molar refractivity (Wildman–Crippen MR) is 58.7 cm³/mol. The fourth-order valence-corrected chi connectivity index (χ4v) is 2.45. The summed E-state index contributed by atoms with van der Waals surface area (Å²) in [7, 11) is 0. The lowest BCUT2D eigenvalue weighted by Gasteiger charge is -2.30. The molecule has 2 N–H and O–H groups in total. The van der Waals surface area contributed by atoms with Crippen LogP contribution in [-0.2, 0) is 0 Å². The van der Waals surface area contributed by atoms with E-state index in [1.54, 1.807) is 0 Å². The largest absolute Gasteiger partial charge is 0.393 e. The molecule has 2 fully saturated rings. The third-order valence-corrected chi connectivity index (χ3v) is 3.78. The Hall–Kier alpha value is -0.150. The minimum atomic E-state index is 0.243. The number of hydrogen-bond acceptors (Lipinski definition) is 2. The van der Waals surface area contributed by atoms with Gasteiger partial charge in [0.25, 0.3) is 0 Å². The molecule has 0 atom stereocenters. The Morgan fingerprint density at radius 2 is 1.85 bits per heavy atom. The Morgan fingerprint density at radius 3 is 2.31 bits per heavy atom. The Labute approximate surface area is 85.5 Å². The lowest BCUT2D eigenvalue weighted by molar-refractivity contribution is 0.208. The van der Waals surface area contributed by atoms with Gasteiger partial charge in [0.15, 0.2) is 0 Å². The van der Waals surface area contributed by atoms with Gasteiger partial charge < -0.3 is 10.6 Å². The van der Waals surface area contributed by atoms with E-state index in [1.165, 1.54) is 45.2 Å². The first-order valence-electron chi connectivity index (χ1n) is 5.25. The molecule has 0 bridgehead atoms. The van der Waals surface area contributed by atoms with Gasteiger partial charge in [0, 0.05) is 12.0 Å². The maximum Gasteiger partial charge on any atom is 0.0802 e. The third-order valence-electron chi connectivity index (χ3n) is 3.35. The van der Waals surface area contributed by atoms with E-state index in [4.69, 9.17) is 18.0 Å². The highest BCUT2D eigenvalue weighted by molar-refractivity contribution is 7.80. The first kappa shape index (κ1) is 9.41. The number of piperidine rings is 1. The fourth-order valence-electron chi connectivity index (χ4n) is 2.18. The van der Waals surface area contributed by atoms with Crippen LogP contribution in [0.1, 0.15) is 32.1 Å². The molecular weight excluding hydrogens is 180 g/mol. The molecule has 1 heterocycles. The second kappa shape index (κ2) is 3.54. The summed E-state index contributed by atoms with van der Waals surface area (Å²) in [5.41, 5.74) is 6.00. The van der Waals surface area contributed by atoms with Gasteiger partial charge in [-0.15, -0.1) is 0 Å². The molecule has 0 amide bonds. The minimum Gasteiger partial charge on any atom is -0.393 e. The van der Waals surface area contributed by atoms with E-state index in [1.807, 2.05) is 0 Å². The van der Waals surface area contributed by atoms with Crippen LogP contribution in [-0.4, -0.2) is 29.5 Å². The maximum atomic E-state index is 5.75. The minimum absolute atomic E-state index is 0.243. The monoisotopic (exact) mass is 198 g/mol. The summed E-state index contributed by atoms with van der Waals surface area (Å²) < 4.78 is 0. The van der Waals surface area contributed by atoms with Crippen LogP contribution in [0.5, 0.6) is 0 Å². The van der Waals surface area contributed by atoms with Gasteiger partial charge in [0.05, 0.1) is 4.99 Å². The summed E-state index contributed by atoms with van der Waals surface area (Å²) in [5, 5.41) is 0. The summed E-state index contributed by atoms with van der Waals surface area (Å²) >= 11 is 5.11. The highest BCUT2D eigenvalue weighted by Crippen LogP contribution is 2.46. The Kier molecular flexibility index (Phi) is 2.56. The fraction of sp³-hybridized carbons (Fsp3) is 0.900. The number of nitrogens with two attached hydrogens (primary N) is 1. The van der Waals surface area contributed by atoms with Crippen LogP contribution in [0.4, 0.5) is 0 Å². The number of thiocarbonyl (C=S) groups is 1. The smallest absolute Gasteiger partial charge is 0.0802 e. The molecule has 0 aromatic carbocycles. The summed E-state index contributed by atoms with van der Waals surface area (Å²) in [5.74, 6) is 0. The molecule has 1 saturated carbocycles. The van der Waals surface area contributed by atoms with Crippen molar-refractivity contribution in [1.82, 2.24) is 4.90 Å². The molecule has 0 radical (unpaired) electrons. The van der Waals surface area contributed by atoms with E-state index in [0.717, 1.165) is 11.5 Å². The van der Waals surface area contributed by atoms with Crippen molar-refractivity contribution < 1.29 is 0 Å². The van der Waals surface area contributed by atoms with Gasteiger partial charge in [-0.3, -0.25) is 0 Å². The van der Waals surface area contributed by atoms with Gasteiger partial charge in [-0.2, -0.15) is 0 Å². The third kappa shape index (κ3) is 2.02. The van der Waals surface area contributed by atoms with Crippen LogP contribution in [0.15, 0.2) is 0 Å². The molecule has 1 aliphatic heterocycles. The van der Waals surface area contributed by atoms with Crippen molar-refractivity contribution in [2.24, 2.45) is 11.1 Å². The van der Waals surface area contributed by atoms with Crippen LogP contribution in [0, 0.1) is 5.41 Å². The van der Waals surface area contributed by atoms with Crippen LogP contribution in [0.25, 0.3) is 0 Å². The van der Waals surface area contributed by atoms with Crippen LogP contribution >= 0.6 is 12.2 Å². The van der Waals surface area contributed by atoms with Crippen molar-refractivity contribution in [2.45, 2.75) is 32.1 Å². The van der Waals surface area contributed by atoms with E-state index >= 15 is 0 Å². The van der Waals surface area contributed by atoms with Crippen molar-refractivity contribution >= 4 is 17.2 Å². The standard InChI is InChI=1S/C10H18N2S/c11-9(13)10(4-5-10)8-12-6-2-1-3-7-12/h1-8H2,(H2,11,13). The van der Waals surface area contributed by atoms with Gasteiger partial charge in [-0.1, -0.05) is 18.6 Å². The SMILES string of the molecule is NC(=S)C1(CN2CCCCC2)CC1. The molecule has 0 aromatic rings. The molecule has 2 nitrogen and oxygen atoms in total. The summed E-state index contributed by atoms with van der Waals surface area (Å²) in [6, 6.07) is 0.